The molecule has 2 aromatic rings. The SMILES string of the molecule is Cc1cnc(CNC(=O)C2CNCc3ccccc32)s1. The van der Waals surface area contributed by atoms with Crippen LogP contribution in [0.3, 0.4) is 0 Å². The molecule has 0 saturated carbocycles. The van der Waals surface area contributed by atoms with Gasteiger partial charge >= 0.3 is 0 Å². The fraction of sp³-hybridized carbons (Fsp3) is 0.333. The minimum Gasteiger partial charge on any atom is -0.349 e. The third kappa shape index (κ3) is 2.73. The normalized spacial score (nSPS) is 17.6. The van der Waals surface area contributed by atoms with Crippen LogP contribution in [0.15, 0.2) is 30.5 Å². The van der Waals surface area contributed by atoms with E-state index in [-0.39, 0.29) is 11.8 Å². The summed E-state index contributed by atoms with van der Waals surface area (Å²) in [5.41, 5.74) is 2.35. The van der Waals surface area contributed by atoms with Gasteiger partial charge < -0.3 is 10.6 Å². The second kappa shape index (κ2) is 5.73. The van der Waals surface area contributed by atoms with Crippen molar-refractivity contribution in [2.75, 3.05) is 6.54 Å². The highest BCUT2D eigenvalue weighted by Gasteiger charge is 2.25. The standard InChI is InChI=1S/C15H17N3OS/c1-10-6-17-14(20-10)9-18-15(19)13-8-16-7-11-4-2-3-5-12(11)13/h2-6,13,16H,7-9H2,1H3,(H,18,19). The van der Waals surface area contributed by atoms with Gasteiger partial charge in [0.05, 0.1) is 12.5 Å². The summed E-state index contributed by atoms with van der Waals surface area (Å²) in [6.07, 6.45) is 1.84. The molecule has 2 heterocycles. The van der Waals surface area contributed by atoms with Crippen LogP contribution in [-0.4, -0.2) is 17.4 Å². The van der Waals surface area contributed by atoms with Crippen LogP contribution >= 0.6 is 11.3 Å². The molecule has 1 aromatic carbocycles. The Balaban J connectivity index is 1.69. The Bertz CT molecular complexity index is 623. The minimum atomic E-state index is -0.110. The van der Waals surface area contributed by atoms with Crippen molar-refractivity contribution in [2.24, 2.45) is 0 Å². The molecule has 1 atom stereocenters. The van der Waals surface area contributed by atoms with Crippen molar-refractivity contribution in [3.63, 3.8) is 0 Å². The number of rotatable bonds is 3. The molecule has 0 fully saturated rings. The van der Waals surface area contributed by atoms with E-state index in [0.29, 0.717) is 13.1 Å². The molecule has 0 radical (unpaired) electrons. The second-order valence-electron chi connectivity index (χ2n) is 4.96. The summed E-state index contributed by atoms with van der Waals surface area (Å²) in [6.45, 7) is 4.06. The number of nitrogens with zero attached hydrogens (tertiary/aromatic N) is 1. The van der Waals surface area contributed by atoms with Crippen LogP contribution in [0.2, 0.25) is 0 Å². The van der Waals surface area contributed by atoms with Crippen LogP contribution in [0.25, 0.3) is 0 Å². The molecule has 1 amide bonds. The van der Waals surface area contributed by atoms with E-state index >= 15 is 0 Å². The number of carbonyl (C=O) groups is 1. The highest BCUT2D eigenvalue weighted by atomic mass is 32.1. The fourth-order valence-electron chi connectivity index (χ4n) is 2.50. The number of aromatic nitrogens is 1. The van der Waals surface area contributed by atoms with Gasteiger partial charge in [-0.1, -0.05) is 24.3 Å². The molecule has 5 heteroatoms. The molecule has 2 N–H and O–H groups in total. The molecule has 1 aromatic heterocycles. The first kappa shape index (κ1) is 13.3. The number of nitrogens with one attached hydrogen (secondary N) is 2. The molecule has 1 aliphatic rings. The van der Waals surface area contributed by atoms with Crippen LogP contribution < -0.4 is 10.6 Å². The van der Waals surface area contributed by atoms with Gasteiger partial charge in [-0.05, 0) is 18.1 Å². The van der Waals surface area contributed by atoms with Crippen LogP contribution in [0.4, 0.5) is 0 Å². The van der Waals surface area contributed by atoms with Crippen LogP contribution in [0.5, 0.6) is 0 Å². The summed E-state index contributed by atoms with van der Waals surface area (Å²) in [7, 11) is 0. The molecule has 1 aliphatic heterocycles. The molecule has 0 saturated heterocycles. The van der Waals surface area contributed by atoms with Gasteiger partial charge in [-0.2, -0.15) is 0 Å². The summed E-state index contributed by atoms with van der Waals surface area (Å²) in [4.78, 5) is 17.8. The third-order valence-corrected chi connectivity index (χ3v) is 4.41. The van der Waals surface area contributed by atoms with Gasteiger partial charge in [-0.15, -0.1) is 11.3 Å². The largest absolute Gasteiger partial charge is 0.349 e. The molecule has 1 unspecified atom stereocenters. The van der Waals surface area contributed by atoms with Crippen molar-refractivity contribution >= 4 is 17.2 Å². The Hall–Kier alpha value is -1.72. The molecule has 0 bridgehead atoms. The Morgan fingerprint density at radius 3 is 3.15 bits per heavy atom. The van der Waals surface area contributed by atoms with Crippen LogP contribution in [0.1, 0.15) is 26.9 Å². The second-order valence-corrected chi connectivity index (χ2v) is 6.28. The van der Waals surface area contributed by atoms with Crippen molar-refractivity contribution in [1.29, 1.82) is 0 Å². The Kier molecular flexibility index (Phi) is 3.80. The molecular formula is C15H17N3OS. The van der Waals surface area contributed by atoms with Crippen molar-refractivity contribution in [1.82, 2.24) is 15.6 Å². The van der Waals surface area contributed by atoms with Gasteiger partial charge in [0.15, 0.2) is 0 Å². The van der Waals surface area contributed by atoms with Gasteiger partial charge in [-0.3, -0.25) is 4.79 Å². The average Bonchev–Trinajstić information content (AvgIpc) is 2.90. The molecule has 0 spiro atoms. The number of amides is 1. The lowest BCUT2D eigenvalue weighted by Gasteiger charge is -2.25. The zero-order valence-corrected chi connectivity index (χ0v) is 12.2. The summed E-state index contributed by atoms with van der Waals surface area (Å²) in [5.74, 6) is -0.0430. The number of aryl methyl sites for hydroxylation is 1. The first-order valence-corrected chi connectivity index (χ1v) is 7.53. The van der Waals surface area contributed by atoms with Gasteiger partial charge in [0.1, 0.15) is 5.01 Å². The number of hydrogen-bond donors (Lipinski definition) is 2. The maximum atomic E-state index is 12.4. The summed E-state index contributed by atoms with van der Waals surface area (Å²) in [6, 6.07) is 8.13. The van der Waals surface area contributed by atoms with Crippen molar-refractivity contribution in [3.05, 3.63) is 51.5 Å². The maximum Gasteiger partial charge on any atom is 0.229 e. The number of hydrogen-bond acceptors (Lipinski definition) is 4. The summed E-state index contributed by atoms with van der Waals surface area (Å²) in [5, 5.41) is 7.24. The molecule has 0 aliphatic carbocycles. The highest BCUT2D eigenvalue weighted by Crippen LogP contribution is 2.24. The topological polar surface area (TPSA) is 54.0 Å². The van der Waals surface area contributed by atoms with E-state index in [4.69, 9.17) is 0 Å². The lowest BCUT2D eigenvalue weighted by atomic mass is 9.90. The number of carbonyl (C=O) groups excluding carboxylic acids is 1. The zero-order chi connectivity index (χ0) is 13.9. The number of benzene rings is 1. The average molecular weight is 287 g/mol. The smallest absolute Gasteiger partial charge is 0.229 e. The maximum absolute atomic E-state index is 12.4. The first-order valence-electron chi connectivity index (χ1n) is 6.71. The lowest BCUT2D eigenvalue weighted by Crippen LogP contribution is -2.38. The Labute approximate surface area is 122 Å². The van der Waals surface area contributed by atoms with Crippen molar-refractivity contribution in [2.45, 2.75) is 25.9 Å². The van der Waals surface area contributed by atoms with E-state index in [9.17, 15) is 4.79 Å². The van der Waals surface area contributed by atoms with E-state index in [1.54, 1.807) is 11.3 Å². The predicted molar refractivity (Wildman–Crippen MR) is 79.6 cm³/mol. The third-order valence-electron chi connectivity index (χ3n) is 3.49. The fourth-order valence-corrected chi connectivity index (χ4v) is 3.23. The highest BCUT2D eigenvalue weighted by molar-refractivity contribution is 7.11. The van der Waals surface area contributed by atoms with Gasteiger partial charge in [0.25, 0.3) is 0 Å². The first-order chi connectivity index (χ1) is 9.74. The molecule has 3 rings (SSSR count). The predicted octanol–water partition coefficient (Wildman–Crippen LogP) is 1.95. The van der Waals surface area contributed by atoms with Gasteiger partial charge in [-0.25, -0.2) is 4.98 Å². The Morgan fingerprint density at radius 2 is 2.35 bits per heavy atom. The van der Waals surface area contributed by atoms with E-state index in [0.717, 1.165) is 17.1 Å². The van der Waals surface area contributed by atoms with Gasteiger partial charge in [0.2, 0.25) is 5.91 Å². The quantitative estimate of drug-likeness (QED) is 0.907. The van der Waals surface area contributed by atoms with Crippen molar-refractivity contribution in [3.8, 4) is 0 Å². The van der Waals surface area contributed by atoms with Crippen molar-refractivity contribution < 1.29 is 4.79 Å². The summed E-state index contributed by atoms with van der Waals surface area (Å²) >= 11 is 1.62. The molecule has 20 heavy (non-hydrogen) atoms. The van der Waals surface area contributed by atoms with E-state index in [1.807, 2.05) is 31.3 Å². The van der Waals surface area contributed by atoms with Crippen LogP contribution in [0, 0.1) is 6.92 Å². The summed E-state index contributed by atoms with van der Waals surface area (Å²) < 4.78 is 0. The lowest BCUT2D eigenvalue weighted by molar-refractivity contribution is -0.122. The van der Waals surface area contributed by atoms with E-state index < -0.39 is 0 Å². The molecular weight excluding hydrogens is 270 g/mol. The Morgan fingerprint density at radius 1 is 1.50 bits per heavy atom. The van der Waals surface area contributed by atoms with Gasteiger partial charge in [0, 0.05) is 24.2 Å². The van der Waals surface area contributed by atoms with E-state index in [1.165, 1.54) is 10.4 Å². The van der Waals surface area contributed by atoms with E-state index in [2.05, 4.69) is 21.7 Å². The van der Waals surface area contributed by atoms with Crippen LogP contribution in [-0.2, 0) is 17.9 Å². The molecule has 4 nitrogen and oxygen atoms in total. The number of fused-ring (bicyclic) bond motifs is 1. The minimum absolute atomic E-state index is 0.0671. The molecule has 104 valence electrons. The number of thiazole rings is 1. The zero-order valence-electron chi connectivity index (χ0n) is 11.3. The monoisotopic (exact) mass is 287 g/mol.